The number of ether oxygens (including phenoxy) is 1. The van der Waals surface area contributed by atoms with E-state index >= 15 is 0 Å². The van der Waals surface area contributed by atoms with Crippen LogP contribution in [0.25, 0.3) is 0 Å². The number of nitrogens with two attached hydrogens (primary N) is 1. The third kappa shape index (κ3) is 3.48. The zero-order chi connectivity index (χ0) is 21.3. The third-order valence-corrected chi connectivity index (χ3v) is 6.88. The number of aromatic nitrogens is 2. The van der Waals surface area contributed by atoms with Gasteiger partial charge in [0.1, 0.15) is 11.6 Å². The molecule has 0 bridgehead atoms. The number of thioether (sulfide) groups is 1. The molecule has 2 aromatic heterocycles. The minimum atomic E-state index is -0.634. The van der Waals surface area contributed by atoms with Crippen LogP contribution in [0.5, 0.6) is 0 Å². The lowest BCUT2D eigenvalue weighted by molar-refractivity contribution is -0.137. The third-order valence-electron chi connectivity index (χ3n) is 4.87. The standard InChI is InChI=1S/C19H17N5O4S2/c1-27-14(26)9-29-19-23-22-18(30-19)24-11-4-2-5-12(25)16(11)15(10(8-20)17(24)21)13-6-3-7-28-13/h3,6-7,15H,2,4-5,9,21H2,1H3. The van der Waals surface area contributed by atoms with Crippen LogP contribution < -0.4 is 10.6 Å². The largest absolute Gasteiger partial charge is 0.468 e. The van der Waals surface area contributed by atoms with Gasteiger partial charge >= 0.3 is 5.97 Å². The lowest BCUT2D eigenvalue weighted by Crippen LogP contribution is -2.38. The number of rotatable bonds is 5. The van der Waals surface area contributed by atoms with Crippen LogP contribution in [-0.4, -0.2) is 34.8 Å². The highest BCUT2D eigenvalue weighted by Gasteiger charge is 2.42. The van der Waals surface area contributed by atoms with Crippen LogP contribution in [0.3, 0.4) is 0 Å². The maximum Gasteiger partial charge on any atom is 0.316 e. The van der Waals surface area contributed by atoms with Crippen molar-refractivity contribution >= 4 is 40.0 Å². The molecule has 1 atom stereocenters. The van der Waals surface area contributed by atoms with E-state index < -0.39 is 5.92 Å². The summed E-state index contributed by atoms with van der Waals surface area (Å²) < 4.78 is 10.7. The number of carbonyl (C=O) groups excluding carboxylic acids is 2. The minimum absolute atomic E-state index is 0.0345. The number of Topliss-reactive ketones (excluding diaryl/α,β-unsaturated/α-hetero) is 1. The zero-order valence-electron chi connectivity index (χ0n) is 16.0. The monoisotopic (exact) mass is 443 g/mol. The Morgan fingerprint density at radius 3 is 3.03 bits per heavy atom. The van der Waals surface area contributed by atoms with Crippen molar-refractivity contribution in [1.29, 1.82) is 5.26 Å². The predicted octanol–water partition coefficient (Wildman–Crippen LogP) is 2.70. The number of carbonyl (C=O) groups is 2. The fraction of sp³-hybridized carbons (Fsp3) is 0.316. The van der Waals surface area contributed by atoms with E-state index in [2.05, 4.69) is 21.0 Å². The van der Waals surface area contributed by atoms with Gasteiger partial charge in [-0.25, -0.2) is 0 Å². The lowest BCUT2D eigenvalue weighted by Gasteiger charge is -2.37. The van der Waals surface area contributed by atoms with E-state index in [1.54, 1.807) is 17.0 Å². The highest BCUT2D eigenvalue weighted by molar-refractivity contribution is 8.01. The molecule has 0 fully saturated rings. The van der Waals surface area contributed by atoms with Crippen LogP contribution in [0.2, 0.25) is 0 Å². The van der Waals surface area contributed by atoms with Gasteiger partial charge in [0, 0.05) is 17.7 Å². The first kappa shape index (κ1) is 20.2. The van der Waals surface area contributed by atoms with Gasteiger partial charge in [-0.3, -0.25) is 14.5 Å². The number of ketones is 1. The molecule has 30 heavy (non-hydrogen) atoms. The van der Waals surface area contributed by atoms with Gasteiger partial charge in [-0.05, 0) is 25.0 Å². The molecule has 1 unspecified atom stereocenters. The van der Waals surface area contributed by atoms with Gasteiger partial charge in [-0.1, -0.05) is 23.1 Å². The molecular formula is C19H17N5O4S2. The maximum absolute atomic E-state index is 12.9. The second kappa shape index (κ2) is 8.33. The normalized spacial score (nSPS) is 19.0. The summed E-state index contributed by atoms with van der Waals surface area (Å²) in [4.78, 5) is 25.9. The van der Waals surface area contributed by atoms with Gasteiger partial charge in [-0.2, -0.15) is 5.26 Å². The first-order valence-corrected chi connectivity index (χ1v) is 10.9. The predicted molar refractivity (Wildman–Crippen MR) is 109 cm³/mol. The molecule has 0 aromatic carbocycles. The van der Waals surface area contributed by atoms with E-state index in [1.807, 2.05) is 0 Å². The number of nitriles is 1. The van der Waals surface area contributed by atoms with E-state index in [0.717, 1.165) is 0 Å². The van der Waals surface area contributed by atoms with Crippen LogP contribution >= 0.6 is 23.1 Å². The molecular weight excluding hydrogens is 426 g/mol. The Kier molecular flexibility index (Phi) is 5.61. The van der Waals surface area contributed by atoms with Gasteiger partial charge in [0.2, 0.25) is 5.13 Å². The maximum atomic E-state index is 12.9. The van der Waals surface area contributed by atoms with Crippen LogP contribution in [-0.2, 0) is 14.3 Å². The smallest absolute Gasteiger partial charge is 0.316 e. The van der Waals surface area contributed by atoms with E-state index in [9.17, 15) is 14.9 Å². The van der Waals surface area contributed by atoms with Gasteiger partial charge in [0.15, 0.2) is 10.1 Å². The summed E-state index contributed by atoms with van der Waals surface area (Å²) in [6.07, 6.45) is 3.20. The van der Waals surface area contributed by atoms with Crippen molar-refractivity contribution in [3.05, 3.63) is 46.8 Å². The average Bonchev–Trinajstić information content (AvgIpc) is 3.43. The Labute approximate surface area is 180 Å². The fourth-order valence-electron chi connectivity index (χ4n) is 3.58. The van der Waals surface area contributed by atoms with Crippen molar-refractivity contribution in [3.63, 3.8) is 0 Å². The summed E-state index contributed by atoms with van der Waals surface area (Å²) in [5.74, 6) is -0.230. The molecule has 1 aliphatic carbocycles. The van der Waals surface area contributed by atoms with Crippen molar-refractivity contribution in [2.24, 2.45) is 5.73 Å². The van der Waals surface area contributed by atoms with E-state index in [-0.39, 0.29) is 28.9 Å². The summed E-state index contributed by atoms with van der Waals surface area (Å²) in [6, 6.07) is 5.61. The van der Waals surface area contributed by atoms with Crippen molar-refractivity contribution in [2.45, 2.75) is 29.5 Å². The lowest BCUT2D eigenvalue weighted by atomic mass is 9.78. The second-order valence-electron chi connectivity index (χ2n) is 6.55. The quantitative estimate of drug-likeness (QED) is 0.542. The van der Waals surface area contributed by atoms with Crippen molar-refractivity contribution < 1.29 is 18.7 Å². The highest BCUT2D eigenvalue weighted by atomic mass is 32.2. The van der Waals surface area contributed by atoms with Crippen molar-refractivity contribution in [1.82, 2.24) is 10.2 Å². The molecule has 0 radical (unpaired) electrons. The van der Waals surface area contributed by atoms with Gasteiger partial charge in [0.25, 0.3) is 0 Å². The molecule has 2 N–H and O–H groups in total. The number of esters is 1. The molecule has 1 aliphatic heterocycles. The Hall–Kier alpha value is -3.10. The summed E-state index contributed by atoms with van der Waals surface area (Å²) in [5, 5.41) is 18.6. The van der Waals surface area contributed by atoms with E-state index in [0.29, 0.717) is 45.8 Å². The Bertz CT molecular complexity index is 1100. The molecule has 0 spiro atoms. The summed E-state index contributed by atoms with van der Waals surface area (Å²) in [6.45, 7) is 0. The topological polar surface area (TPSA) is 135 Å². The first-order chi connectivity index (χ1) is 14.5. The number of furan rings is 1. The van der Waals surface area contributed by atoms with Crippen LogP contribution in [0.1, 0.15) is 30.9 Å². The molecule has 11 heteroatoms. The highest BCUT2D eigenvalue weighted by Crippen LogP contribution is 2.47. The molecule has 2 aromatic rings. The van der Waals surface area contributed by atoms with E-state index in [4.69, 9.17) is 10.2 Å². The fourth-order valence-corrected chi connectivity index (χ4v) is 5.29. The average molecular weight is 444 g/mol. The minimum Gasteiger partial charge on any atom is -0.468 e. The molecule has 2 aliphatic rings. The molecule has 0 amide bonds. The second-order valence-corrected chi connectivity index (χ2v) is 8.73. The number of hydrogen-bond acceptors (Lipinski definition) is 11. The van der Waals surface area contributed by atoms with E-state index in [1.165, 1.54) is 36.5 Å². The number of hydrogen-bond donors (Lipinski definition) is 1. The number of anilines is 1. The SMILES string of the molecule is COC(=O)CSc1nnc(N2C(N)=C(C#N)C(c3ccco3)C3=C2CCCC3=O)s1. The summed E-state index contributed by atoms with van der Waals surface area (Å²) in [7, 11) is 1.32. The summed E-state index contributed by atoms with van der Waals surface area (Å²) in [5.41, 5.74) is 7.88. The van der Waals surface area contributed by atoms with Crippen molar-refractivity contribution in [3.8, 4) is 6.07 Å². The number of allylic oxidation sites excluding steroid dienone is 3. The van der Waals surface area contributed by atoms with Crippen molar-refractivity contribution in [2.75, 3.05) is 17.8 Å². The molecule has 154 valence electrons. The first-order valence-electron chi connectivity index (χ1n) is 9.07. The molecule has 9 nitrogen and oxygen atoms in total. The zero-order valence-corrected chi connectivity index (χ0v) is 17.6. The van der Waals surface area contributed by atoms with Crippen LogP contribution in [0, 0.1) is 11.3 Å². The van der Waals surface area contributed by atoms with Crippen LogP contribution in [0.4, 0.5) is 5.13 Å². The molecule has 4 rings (SSSR count). The summed E-state index contributed by atoms with van der Waals surface area (Å²) >= 11 is 2.43. The number of nitrogens with zero attached hydrogens (tertiary/aromatic N) is 4. The molecule has 0 saturated heterocycles. The van der Waals surface area contributed by atoms with Gasteiger partial charge in [0.05, 0.1) is 36.7 Å². The molecule has 0 saturated carbocycles. The Morgan fingerprint density at radius 1 is 1.50 bits per heavy atom. The Morgan fingerprint density at radius 2 is 2.33 bits per heavy atom. The molecule has 3 heterocycles. The van der Waals surface area contributed by atoms with Crippen LogP contribution in [0.15, 0.2) is 49.8 Å². The van der Waals surface area contributed by atoms with Gasteiger partial charge < -0.3 is 14.9 Å². The van der Waals surface area contributed by atoms with Gasteiger partial charge in [-0.15, -0.1) is 10.2 Å². The number of methoxy groups -OCH3 is 1. The Balaban J connectivity index is 1.78.